The van der Waals surface area contributed by atoms with Crippen LogP contribution in [0.5, 0.6) is 0 Å². The minimum absolute atomic E-state index is 0.242. The van der Waals surface area contributed by atoms with E-state index in [2.05, 4.69) is 20.6 Å². The molecule has 0 atom stereocenters. The maximum Gasteiger partial charge on any atom is 0.311 e. The number of carboxylic acids is 1. The Bertz CT molecular complexity index is 641. The first-order valence-corrected chi connectivity index (χ1v) is 6.93. The van der Waals surface area contributed by atoms with Crippen LogP contribution in [-0.4, -0.2) is 41.1 Å². The lowest BCUT2D eigenvalue weighted by Gasteiger charge is -2.26. The van der Waals surface area contributed by atoms with Crippen LogP contribution >= 0.6 is 0 Å². The molecule has 1 N–H and O–H groups in total. The van der Waals surface area contributed by atoms with Crippen molar-refractivity contribution >= 4 is 5.97 Å². The monoisotopic (exact) mass is 292 g/mol. The predicted octanol–water partition coefficient (Wildman–Crippen LogP) is 1.27. The fourth-order valence-corrected chi connectivity index (χ4v) is 2.45. The lowest BCUT2D eigenvalue weighted by atomic mass is 9.82. The van der Waals surface area contributed by atoms with Crippen LogP contribution in [0.25, 0.3) is 11.4 Å². The molecule has 0 aliphatic rings. The first-order chi connectivity index (χ1) is 9.93. The maximum atomic E-state index is 11.6. The Balaban J connectivity index is 2.41. The zero-order chi connectivity index (χ0) is 15.6. The Kier molecular flexibility index (Phi) is 4.06. The van der Waals surface area contributed by atoms with Crippen molar-refractivity contribution in [2.24, 2.45) is 12.5 Å². The van der Waals surface area contributed by atoms with Gasteiger partial charge in [-0.3, -0.25) is 9.48 Å². The topological polar surface area (TPSA) is 98.7 Å². The molecule has 0 saturated carbocycles. The molecule has 0 unspecified atom stereocenters. The van der Waals surface area contributed by atoms with Crippen molar-refractivity contribution in [3.63, 3.8) is 0 Å². The average Bonchev–Trinajstić information content (AvgIpc) is 3.01. The Morgan fingerprint density at radius 2 is 2.05 bits per heavy atom. The summed E-state index contributed by atoms with van der Waals surface area (Å²) in [6.07, 6.45) is 2.87. The van der Waals surface area contributed by atoms with Gasteiger partial charge >= 0.3 is 5.97 Å². The van der Waals surface area contributed by atoms with Gasteiger partial charge in [0.05, 0.1) is 23.2 Å². The molecule has 0 aromatic carbocycles. The first-order valence-electron chi connectivity index (χ1n) is 6.93. The molecule has 8 heteroatoms. The molecule has 0 fully saturated rings. The van der Waals surface area contributed by atoms with Gasteiger partial charge in [-0.1, -0.05) is 13.8 Å². The highest BCUT2D eigenvalue weighted by Gasteiger charge is 2.36. The van der Waals surface area contributed by atoms with Crippen molar-refractivity contribution in [3.8, 4) is 11.4 Å². The van der Waals surface area contributed by atoms with Crippen LogP contribution in [0.4, 0.5) is 0 Å². The molecule has 0 spiro atoms. The third kappa shape index (κ3) is 2.65. The van der Waals surface area contributed by atoms with Gasteiger partial charge in [-0.15, -0.1) is 5.10 Å². The van der Waals surface area contributed by atoms with E-state index in [1.54, 1.807) is 9.36 Å². The normalized spacial score (nSPS) is 11.8. The average molecular weight is 292 g/mol. The lowest BCUT2D eigenvalue weighted by molar-refractivity contribution is -0.150. The third-order valence-electron chi connectivity index (χ3n) is 4.05. The van der Waals surface area contributed by atoms with E-state index in [1.807, 2.05) is 34.0 Å². The van der Waals surface area contributed by atoms with Gasteiger partial charge in [-0.05, 0) is 30.2 Å². The van der Waals surface area contributed by atoms with Gasteiger partial charge in [0, 0.05) is 13.2 Å². The third-order valence-corrected chi connectivity index (χ3v) is 4.05. The molecule has 0 bridgehead atoms. The molecule has 0 radical (unpaired) electrons. The summed E-state index contributed by atoms with van der Waals surface area (Å²) in [6, 6.07) is 0. The van der Waals surface area contributed by atoms with Crippen molar-refractivity contribution in [2.75, 3.05) is 0 Å². The second-order valence-corrected chi connectivity index (χ2v) is 5.25. The van der Waals surface area contributed by atoms with Gasteiger partial charge in [0.25, 0.3) is 0 Å². The summed E-state index contributed by atoms with van der Waals surface area (Å²) in [4.78, 5) is 11.6. The Hall–Kier alpha value is -2.25. The van der Waals surface area contributed by atoms with Gasteiger partial charge in [-0.2, -0.15) is 5.10 Å². The summed E-state index contributed by atoms with van der Waals surface area (Å²) in [7, 11) is 1.82. The first kappa shape index (κ1) is 15.1. The van der Waals surface area contributed by atoms with E-state index in [4.69, 9.17) is 0 Å². The highest BCUT2D eigenvalue weighted by molar-refractivity contribution is 5.74. The quantitative estimate of drug-likeness (QED) is 0.861. The number of carboxylic acid groups (broad SMARTS) is 1. The van der Waals surface area contributed by atoms with E-state index in [-0.39, 0.29) is 6.54 Å². The van der Waals surface area contributed by atoms with E-state index in [0.717, 1.165) is 11.3 Å². The summed E-state index contributed by atoms with van der Waals surface area (Å²) >= 11 is 0. The number of tetrazole rings is 1. The van der Waals surface area contributed by atoms with Gasteiger partial charge in [-0.25, -0.2) is 4.68 Å². The minimum Gasteiger partial charge on any atom is -0.481 e. The second-order valence-electron chi connectivity index (χ2n) is 5.25. The molecule has 2 heterocycles. The lowest BCUT2D eigenvalue weighted by Crippen LogP contribution is -2.35. The number of hydrogen-bond acceptors (Lipinski definition) is 5. The fraction of sp³-hybridized carbons (Fsp3) is 0.615. The SMILES string of the molecule is CCC(CC)(Cn1nnnc1-c1cn(C)nc1C)C(=O)O. The number of hydrogen-bond donors (Lipinski definition) is 1. The second kappa shape index (κ2) is 5.63. The summed E-state index contributed by atoms with van der Waals surface area (Å²) in [5.41, 5.74) is 0.761. The van der Waals surface area contributed by atoms with E-state index in [9.17, 15) is 9.90 Å². The number of aliphatic carboxylic acids is 1. The fourth-order valence-electron chi connectivity index (χ4n) is 2.45. The zero-order valence-corrected chi connectivity index (χ0v) is 12.7. The van der Waals surface area contributed by atoms with Crippen LogP contribution in [0, 0.1) is 12.3 Å². The number of rotatable bonds is 6. The van der Waals surface area contributed by atoms with Crippen molar-refractivity contribution in [2.45, 2.75) is 40.2 Å². The molecule has 2 rings (SSSR count). The van der Waals surface area contributed by atoms with Crippen LogP contribution in [0.2, 0.25) is 0 Å². The van der Waals surface area contributed by atoms with E-state index < -0.39 is 11.4 Å². The van der Waals surface area contributed by atoms with Gasteiger partial charge in [0.2, 0.25) is 0 Å². The maximum absolute atomic E-state index is 11.6. The molecular formula is C13H20N6O2. The molecule has 0 aliphatic carbocycles. The van der Waals surface area contributed by atoms with Crippen LogP contribution in [-0.2, 0) is 18.4 Å². The Labute approximate surface area is 122 Å². The number of nitrogens with zero attached hydrogens (tertiary/aromatic N) is 6. The summed E-state index contributed by atoms with van der Waals surface area (Å²) in [6.45, 7) is 5.86. The van der Waals surface area contributed by atoms with Crippen molar-refractivity contribution in [3.05, 3.63) is 11.9 Å². The Morgan fingerprint density at radius 1 is 1.38 bits per heavy atom. The van der Waals surface area contributed by atoms with Gasteiger partial charge in [0.15, 0.2) is 5.82 Å². The molecule has 0 amide bonds. The van der Waals surface area contributed by atoms with Crippen molar-refractivity contribution in [1.82, 2.24) is 30.0 Å². The van der Waals surface area contributed by atoms with Gasteiger partial charge < -0.3 is 5.11 Å². The standard InChI is InChI=1S/C13H20N6O2/c1-5-13(6-2,12(20)21)8-19-11(14-16-17-19)10-7-18(4)15-9(10)3/h7H,5-6,8H2,1-4H3,(H,20,21). The molecule has 8 nitrogen and oxygen atoms in total. The van der Waals surface area contributed by atoms with E-state index in [0.29, 0.717) is 18.7 Å². The van der Waals surface area contributed by atoms with Crippen LogP contribution in [0.1, 0.15) is 32.4 Å². The number of aromatic nitrogens is 6. The summed E-state index contributed by atoms with van der Waals surface area (Å²) in [5.74, 6) is -0.273. The Morgan fingerprint density at radius 3 is 2.52 bits per heavy atom. The molecule has 21 heavy (non-hydrogen) atoms. The molecule has 2 aromatic heterocycles. The molecular weight excluding hydrogens is 272 g/mol. The van der Waals surface area contributed by atoms with E-state index >= 15 is 0 Å². The van der Waals surface area contributed by atoms with Gasteiger partial charge in [0.1, 0.15) is 0 Å². The number of carbonyl (C=O) groups is 1. The minimum atomic E-state index is -0.861. The van der Waals surface area contributed by atoms with Crippen LogP contribution < -0.4 is 0 Å². The van der Waals surface area contributed by atoms with Crippen molar-refractivity contribution < 1.29 is 9.90 Å². The van der Waals surface area contributed by atoms with E-state index in [1.165, 1.54) is 0 Å². The highest BCUT2D eigenvalue weighted by atomic mass is 16.4. The largest absolute Gasteiger partial charge is 0.481 e. The van der Waals surface area contributed by atoms with Crippen LogP contribution in [0.15, 0.2) is 6.20 Å². The zero-order valence-electron chi connectivity index (χ0n) is 12.7. The predicted molar refractivity (Wildman–Crippen MR) is 75.4 cm³/mol. The molecule has 2 aromatic rings. The smallest absolute Gasteiger partial charge is 0.311 e. The summed E-state index contributed by atoms with van der Waals surface area (Å²) in [5, 5.41) is 25.5. The number of aryl methyl sites for hydroxylation is 2. The molecule has 0 saturated heterocycles. The highest BCUT2D eigenvalue weighted by Crippen LogP contribution is 2.30. The molecule has 114 valence electrons. The molecule has 0 aliphatic heterocycles. The van der Waals surface area contributed by atoms with Crippen LogP contribution in [0.3, 0.4) is 0 Å². The van der Waals surface area contributed by atoms with Crippen molar-refractivity contribution in [1.29, 1.82) is 0 Å². The summed E-state index contributed by atoms with van der Waals surface area (Å²) < 4.78 is 3.25.